The van der Waals surface area contributed by atoms with Gasteiger partial charge in [-0.15, -0.1) is 0 Å². The van der Waals surface area contributed by atoms with E-state index in [4.69, 9.17) is 0 Å². The predicted molar refractivity (Wildman–Crippen MR) is 64.4 cm³/mol. The number of halogens is 1. The van der Waals surface area contributed by atoms with Gasteiger partial charge in [0.25, 0.3) is 5.91 Å². The van der Waals surface area contributed by atoms with Crippen LogP contribution >= 0.6 is 0 Å². The van der Waals surface area contributed by atoms with Gasteiger partial charge < -0.3 is 5.32 Å². The van der Waals surface area contributed by atoms with Crippen LogP contribution in [0.3, 0.4) is 0 Å². The van der Waals surface area contributed by atoms with Crippen LogP contribution in [0.5, 0.6) is 0 Å². The lowest BCUT2D eigenvalue weighted by atomic mass is 10.1. The Bertz CT molecular complexity index is 471. The molecule has 1 aliphatic heterocycles. The van der Waals surface area contributed by atoms with Gasteiger partial charge in [0.2, 0.25) is 0 Å². The standard InChI is InChI=1S/C12H14FN3O/c1-8-4-5-9(7-10(8)13)15-16-11-3-2-6-14-12(11)17/h4-5,7,15H,2-3,6H2,1H3,(H,14,17)/b16-11-. The summed E-state index contributed by atoms with van der Waals surface area (Å²) in [5.41, 5.74) is 4.28. The van der Waals surface area contributed by atoms with Crippen LogP contribution in [0.4, 0.5) is 10.1 Å². The fourth-order valence-electron chi connectivity index (χ4n) is 1.57. The molecular formula is C12H14FN3O. The lowest BCUT2D eigenvalue weighted by Gasteiger charge is -2.13. The molecule has 0 bridgehead atoms. The maximum atomic E-state index is 13.3. The first-order valence-corrected chi connectivity index (χ1v) is 5.54. The van der Waals surface area contributed by atoms with Crippen LogP contribution in [0, 0.1) is 12.7 Å². The van der Waals surface area contributed by atoms with Crippen LogP contribution in [-0.4, -0.2) is 18.2 Å². The number of piperidine rings is 1. The number of amides is 1. The molecule has 0 unspecified atom stereocenters. The maximum absolute atomic E-state index is 13.3. The summed E-state index contributed by atoms with van der Waals surface area (Å²) in [6.07, 6.45) is 1.53. The van der Waals surface area contributed by atoms with Gasteiger partial charge >= 0.3 is 0 Å². The zero-order valence-electron chi connectivity index (χ0n) is 9.59. The van der Waals surface area contributed by atoms with Crippen molar-refractivity contribution in [1.29, 1.82) is 0 Å². The van der Waals surface area contributed by atoms with E-state index in [9.17, 15) is 9.18 Å². The zero-order chi connectivity index (χ0) is 12.3. The number of hydrogen-bond donors (Lipinski definition) is 2. The summed E-state index contributed by atoms with van der Waals surface area (Å²) >= 11 is 0. The summed E-state index contributed by atoms with van der Waals surface area (Å²) in [6, 6.07) is 4.75. The smallest absolute Gasteiger partial charge is 0.267 e. The van der Waals surface area contributed by atoms with E-state index in [1.165, 1.54) is 6.07 Å². The third-order valence-corrected chi connectivity index (χ3v) is 2.63. The van der Waals surface area contributed by atoms with Crippen molar-refractivity contribution in [3.8, 4) is 0 Å². The fraction of sp³-hybridized carbons (Fsp3) is 0.333. The molecule has 0 spiro atoms. The molecule has 1 aromatic rings. The molecule has 1 saturated heterocycles. The van der Waals surface area contributed by atoms with Gasteiger partial charge in [0.05, 0.1) is 5.69 Å². The topological polar surface area (TPSA) is 53.5 Å². The summed E-state index contributed by atoms with van der Waals surface area (Å²) in [6.45, 7) is 2.39. The summed E-state index contributed by atoms with van der Waals surface area (Å²) in [5, 5.41) is 6.70. The molecule has 1 aliphatic rings. The number of carbonyl (C=O) groups is 1. The van der Waals surface area contributed by atoms with Crippen molar-refractivity contribution in [2.24, 2.45) is 5.10 Å². The van der Waals surface area contributed by atoms with Gasteiger partial charge in [-0.05, 0) is 37.5 Å². The molecule has 0 radical (unpaired) electrons. The van der Waals surface area contributed by atoms with E-state index in [-0.39, 0.29) is 11.7 Å². The van der Waals surface area contributed by atoms with Crippen LogP contribution in [0.1, 0.15) is 18.4 Å². The van der Waals surface area contributed by atoms with Gasteiger partial charge in [0.1, 0.15) is 11.5 Å². The molecular weight excluding hydrogens is 221 g/mol. The van der Waals surface area contributed by atoms with Gasteiger partial charge in [-0.2, -0.15) is 5.10 Å². The first-order valence-electron chi connectivity index (χ1n) is 5.54. The third-order valence-electron chi connectivity index (χ3n) is 2.63. The molecule has 17 heavy (non-hydrogen) atoms. The fourth-order valence-corrected chi connectivity index (χ4v) is 1.57. The van der Waals surface area contributed by atoms with Crippen LogP contribution < -0.4 is 10.7 Å². The molecule has 5 heteroatoms. The Morgan fingerprint density at radius 3 is 3.00 bits per heavy atom. The van der Waals surface area contributed by atoms with E-state index in [1.807, 2.05) is 0 Å². The number of aryl methyl sites for hydroxylation is 1. The van der Waals surface area contributed by atoms with Crippen molar-refractivity contribution in [2.75, 3.05) is 12.0 Å². The summed E-state index contributed by atoms with van der Waals surface area (Å²) in [5.74, 6) is -0.445. The molecule has 2 rings (SSSR count). The van der Waals surface area contributed by atoms with Crippen molar-refractivity contribution in [3.63, 3.8) is 0 Å². The molecule has 1 fully saturated rings. The average molecular weight is 235 g/mol. The normalized spacial score (nSPS) is 18.0. The van der Waals surface area contributed by atoms with E-state index < -0.39 is 0 Å². The highest BCUT2D eigenvalue weighted by Crippen LogP contribution is 2.13. The number of carbonyl (C=O) groups excluding carboxylic acids is 1. The summed E-state index contributed by atoms with van der Waals surface area (Å²) < 4.78 is 13.3. The zero-order valence-corrected chi connectivity index (χ0v) is 9.59. The second kappa shape index (κ2) is 4.95. The van der Waals surface area contributed by atoms with Crippen LogP contribution in [0.15, 0.2) is 23.3 Å². The Kier molecular flexibility index (Phi) is 3.37. The highest BCUT2D eigenvalue weighted by molar-refractivity contribution is 6.39. The second-order valence-corrected chi connectivity index (χ2v) is 3.99. The van der Waals surface area contributed by atoms with Crippen molar-refractivity contribution < 1.29 is 9.18 Å². The Hall–Kier alpha value is -1.91. The molecule has 0 aromatic heterocycles. The first kappa shape index (κ1) is 11.6. The molecule has 1 aromatic carbocycles. The molecule has 0 atom stereocenters. The number of nitrogens with zero attached hydrogens (tertiary/aromatic N) is 1. The van der Waals surface area contributed by atoms with E-state index in [0.717, 1.165) is 6.42 Å². The average Bonchev–Trinajstić information content (AvgIpc) is 2.32. The minimum absolute atomic E-state index is 0.156. The predicted octanol–water partition coefficient (Wildman–Crippen LogP) is 1.81. The SMILES string of the molecule is Cc1ccc(N/N=C2/CCCNC2=O)cc1F. The van der Waals surface area contributed by atoms with Crippen LogP contribution in [0.25, 0.3) is 0 Å². The van der Waals surface area contributed by atoms with E-state index in [0.29, 0.717) is 29.9 Å². The van der Waals surface area contributed by atoms with Crippen LogP contribution in [-0.2, 0) is 4.79 Å². The van der Waals surface area contributed by atoms with Crippen molar-refractivity contribution in [3.05, 3.63) is 29.6 Å². The number of hydrogen-bond acceptors (Lipinski definition) is 3. The first-order chi connectivity index (χ1) is 8.16. The number of rotatable bonds is 2. The third kappa shape index (κ3) is 2.81. The van der Waals surface area contributed by atoms with Crippen LogP contribution in [0.2, 0.25) is 0 Å². The minimum Gasteiger partial charge on any atom is -0.351 e. The molecule has 0 saturated carbocycles. The highest BCUT2D eigenvalue weighted by Gasteiger charge is 2.15. The number of hydrazone groups is 1. The molecule has 2 N–H and O–H groups in total. The van der Waals surface area contributed by atoms with Gasteiger partial charge in [0, 0.05) is 6.54 Å². The quantitative estimate of drug-likeness (QED) is 0.768. The largest absolute Gasteiger partial charge is 0.351 e. The van der Waals surface area contributed by atoms with Crippen molar-refractivity contribution in [1.82, 2.24) is 5.32 Å². The molecule has 0 aliphatic carbocycles. The van der Waals surface area contributed by atoms with Gasteiger partial charge in [-0.3, -0.25) is 10.2 Å². The van der Waals surface area contributed by atoms with Gasteiger partial charge in [0.15, 0.2) is 0 Å². The number of anilines is 1. The minimum atomic E-state index is -0.289. The van der Waals surface area contributed by atoms with E-state index in [2.05, 4.69) is 15.8 Å². The van der Waals surface area contributed by atoms with Crippen molar-refractivity contribution in [2.45, 2.75) is 19.8 Å². The summed E-state index contributed by atoms with van der Waals surface area (Å²) in [4.78, 5) is 11.4. The number of benzene rings is 1. The lowest BCUT2D eigenvalue weighted by molar-refractivity contribution is -0.115. The Balaban J connectivity index is 2.08. The number of nitrogens with one attached hydrogen (secondary N) is 2. The Morgan fingerprint density at radius 1 is 1.47 bits per heavy atom. The molecule has 4 nitrogen and oxygen atoms in total. The lowest BCUT2D eigenvalue weighted by Crippen LogP contribution is -2.37. The highest BCUT2D eigenvalue weighted by atomic mass is 19.1. The monoisotopic (exact) mass is 235 g/mol. The maximum Gasteiger partial charge on any atom is 0.267 e. The van der Waals surface area contributed by atoms with E-state index >= 15 is 0 Å². The molecule has 1 heterocycles. The Morgan fingerprint density at radius 2 is 2.29 bits per heavy atom. The molecule has 90 valence electrons. The Labute approximate surface area is 98.9 Å². The van der Waals surface area contributed by atoms with E-state index in [1.54, 1.807) is 19.1 Å². The second-order valence-electron chi connectivity index (χ2n) is 3.99. The van der Waals surface area contributed by atoms with Gasteiger partial charge in [-0.1, -0.05) is 6.07 Å². The molecule has 1 amide bonds. The summed E-state index contributed by atoms with van der Waals surface area (Å²) in [7, 11) is 0. The van der Waals surface area contributed by atoms with Gasteiger partial charge in [-0.25, -0.2) is 4.39 Å². The van der Waals surface area contributed by atoms with Crippen molar-refractivity contribution >= 4 is 17.3 Å².